The van der Waals surface area contributed by atoms with Gasteiger partial charge >= 0.3 is 6.03 Å². The summed E-state index contributed by atoms with van der Waals surface area (Å²) in [7, 11) is 0. The van der Waals surface area contributed by atoms with E-state index in [-0.39, 0.29) is 6.03 Å². The zero-order valence-electron chi connectivity index (χ0n) is 13.1. The number of amides is 2. The maximum absolute atomic E-state index is 12.5. The number of hydrogen-bond acceptors (Lipinski definition) is 4. The summed E-state index contributed by atoms with van der Waals surface area (Å²) in [5, 5.41) is 5.26. The molecule has 0 aliphatic carbocycles. The van der Waals surface area contributed by atoms with Crippen molar-refractivity contribution < 1.29 is 9.53 Å². The lowest BCUT2D eigenvalue weighted by Crippen LogP contribution is -2.37. The number of nitrogens with zero attached hydrogens (tertiary/aromatic N) is 2. The highest BCUT2D eigenvalue weighted by Crippen LogP contribution is 2.22. The minimum atomic E-state index is -0.173. The summed E-state index contributed by atoms with van der Waals surface area (Å²) >= 11 is 1.40. The second kappa shape index (κ2) is 7.79. The highest BCUT2D eigenvalue weighted by atomic mass is 32.1. The molecule has 118 valence electrons. The van der Waals surface area contributed by atoms with E-state index in [0.29, 0.717) is 24.2 Å². The van der Waals surface area contributed by atoms with Crippen molar-refractivity contribution >= 4 is 28.2 Å². The fraction of sp³-hybridized carbons (Fsp3) is 0.375. The fourth-order valence-electron chi connectivity index (χ4n) is 2.00. The number of ether oxygens (including phenoxy) is 1. The average Bonchev–Trinajstić information content (AvgIpc) is 2.99. The van der Waals surface area contributed by atoms with Gasteiger partial charge in [-0.15, -0.1) is 11.3 Å². The minimum absolute atomic E-state index is 0.173. The van der Waals surface area contributed by atoms with Gasteiger partial charge in [0.05, 0.1) is 6.61 Å². The summed E-state index contributed by atoms with van der Waals surface area (Å²) < 4.78 is 5.44. The van der Waals surface area contributed by atoms with Gasteiger partial charge in [0.15, 0.2) is 5.13 Å². The van der Waals surface area contributed by atoms with E-state index in [9.17, 15) is 4.79 Å². The molecule has 22 heavy (non-hydrogen) atoms. The number of aromatic nitrogens is 1. The number of carbonyl (C=O) groups is 1. The quantitative estimate of drug-likeness (QED) is 0.866. The van der Waals surface area contributed by atoms with Gasteiger partial charge in [0.25, 0.3) is 0 Å². The van der Waals surface area contributed by atoms with Crippen LogP contribution in [-0.2, 0) is 0 Å². The van der Waals surface area contributed by atoms with Crippen LogP contribution in [0.25, 0.3) is 0 Å². The van der Waals surface area contributed by atoms with Gasteiger partial charge in [-0.3, -0.25) is 10.2 Å². The third-order valence-corrected chi connectivity index (χ3v) is 3.59. The smallest absolute Gasteiger partial charge is 0.328 e. The van der Waals surface area contributed by atoms with E-state index in [4.69, 9.17) is 4.74 Å². The Bertz CT molecular complexity index is 582. The molecule has 0 aliphatic rings. The Hall–Kier alpha value is -2.08. The van der Waals surface area contributed by atoms with Crippen LogP contribution in [0.1, 0.15) is 20.8 Å². The van der Waals surface area contributed by atoms with Crippen LogP contribution >= 0.6 is 11.3 Å². The van der Waals surface area contributed by atoms with E-state index >= 15 is 0 Å². The lowest BCUT2D eigenvalue weighted by atomic mass is 10.2. The van der Waals surface area contributed by atoms with Crippen molar-refractivity contribution in [3.8, 4) is 5.75 Å². The second-order valence-corrected chi connectivity index (χ2v) is 6.09. The highest BCUT2D eigenvalue weighted by molar-refractivity contribution is 7.13. The van der Waals surface area contributed by atoms with Crippen LogP contribution in [0.5, 0.6) is 5.75 Å². The van der Waals surface area contributed by atoms with E-state index in [1.807, 2.05) is 36.6 Å². The van der Waals surface area contributed by atoms with Crippen molar-refractivity contribution in [3.05, 3.63) is 35.8 Å². The molecule has 0 radical (unpaired) electrons. The molecule has 5 nitrogen and oxygen atoms in total. The molecule has 2 aromatic rings. The summed E-state index contributed by atoms with van der Waals surface area (Å²) in [5.74, 6) is 1.16. The average molecular weight is 319 g/mol. The SMILES string of the molecule is CCOc1ccc(N(CC(C)C)C(=O)Nc2nccs2)cc1. The van der Waals surface area contributed by atoms with Crippen molar-refractivity contribution in [3.63, 3.8) is 0 Å². The molecule has 0 fully saturated rings. The second-order valence-electron chi connectivity index (χ2n) is 5.20. The van der Waals surface area contributed by atoms with Crippen LogP contribution in [0.15, 0.2) is 35.8 Å². The molecule has 1 heterocycles. The molecular weight excluding hydrogens is 298 g/mol. The van der Waals surface area contributed by atoms with E-state index in [1.165, 1.54) is 11.3 Å². The Balaban J connectivity index is 2.15. The van der Waals surface area contributed by atoms with Gasteiger partial charge in [-0.25, -0.2) is 9.78 Å². The monoisotopic (exact) mass is 319 g/mol. The molecule has 2 amide bonds. The Morgan fingerprint density at radius 1 is 1.36 bits per heavy atom. The van der Waals surface area contributed by atoms with E-state index in [0.717, 1.165) is 11.4 Å². The Morgan fingerprint density at radius 3 is 2.64 bits per heavy atom. The van der Waals surface area contributed by atoms with Gasteiger partial charge in [0, 0.05) is 23.8 Å². The summed E-state index contributed by atoms with van der Waals surface area (Å²) in [6.07, 6.45) is 1.67. The molecule has 0 saturated carbocycles. The number of benzene rings is 1. The van der Waals surface area contributed by atoms with Gasteiger partial charge in [-0.1, -0.05) is 13.8 Å². The van der Waals surface area contributed by atoms with Gasteiger partial charge in [-0.05, 0) is 37.1 Å². The third kappa shape index (κ3) is 4.46. The van der Waals surface area contributed by atoms with Crippen molar-refractivity contribution in [1.82, 2.24) is 4.98 Å². The zero-order chi connectivity index (χ0) is 15.9. The summed E-state index contributed by atoms with van der Waals surface area (Å²) in [6.45, 7) is 7.36. The van der Waals surface area contributed by atoms with Crippen molar-refractivity contribution in [2.24, 2.45) is 5.92 Å². The minimum Gasteiger partial charge on any atom is -0.494 e. The van der Waals surface area contributed by atoms with Gasteiger partial charge in [0.2, 0.25) is 0 Å². The van der Waals surface area contributed by atoms with Crippen LogP contribution in [0.3, 0.4) is 0 Å². The van der Waals surface area contributed by atoms with Crippen LogP contribution in [0.2, 0.25) is 0 Å². The van der Waals surface area contributed by atoms with E-state index in [1.54, 1.807) is 11.1 Å². The molecule has 0 saturated heterocycles. The molecule has 0 bridgehead atoms. The van der Waals surface area contributed by atoms with Gasteiger partial charge in [0.1, 0.15) is 5.75 Å². The predicted molar refractivity (Wildman–Crippen MR) is 90.9 cm³/mol. The zero-order valence-corrected chi connectivity index (χ0v) is 13.9. The first kappa shape index (κ1) is 16.3. The van der Waals surface area contributed by atoms with Crippen molar-refractivity contribution in [2.75, 3.05) is 23.4 Å². The number of urea groups is 1. The van der Waals surface area contributed by atoms with Crippen molar-refractivity contribution in [2.45, 2.75) is 20.8 Å². The first-order valence-corrected chi connectivity index (χ1v) is 8.19. The first-order chi connectivity index (χ1) is 10.6. The number of hydrogen-bond donors (Lipinski definition) is 1. The maximum Gasteiger partial charge on any atom is 0.328 e. The molecule has 0 aliphatic heterocycles. The maximum atomic E-state index is 12.5. The molecule has 0 unspecified atom stereocenters. The molecule has 1 aromatic heterocycles. The summed E-state index contributed by atoms with van der Waals surface area (Å²) in [5.41, 5.74) is 0.839. The van der Waals surface area contributed by atoms with E-state index in [2.05, 4.69) is 24.1 Å². The molecular formula is C16H21N3O2S. The molecule has 0 atom stereocenters. The van der Waals surface area contributed by atoms with Crippen LogP contribution < -0.4 is 15.0 Å². The van der Waals surface area contributed by atoms with Crippen LogP contribution in [-0.4, -0.2) is 24.2 Å². The Labute approximate surface area is 134 Å². The van der Waals surface area contributed by atoms with Gasteiger partial charge < -0.3 is 4.74 Å². The number of anilines is 2. The normalized spacial score (nSPS) is 10.5. The molecule has 2 rings (SSSR count). The number of carbonyl (C=O) groups excluding carboxylic acids is 1. The van der Waals surface area contributed by atoms with Crippen LogP contribution in [0, 0.1) is 5.92 Å². The van der Waals surface area contributed by atoms with Gasteiger partial charge in [-0.2, -0.15) is 0 Å². The summed E-state index contributed by atoms with van der Waals surface area (Å²) in [4.78, 5) is 18.3. The lowest BCUT2D eigenvalue weighted by molar-refractivity contribution is 0.256. The largest absolute Gasteiger partial charge is 0.494 e. The van der Waals surface area contributed by atoms with Crippen LogP contribution in [0.4, 0.5) is 15.6 Å². The fourth-order valence-corrected chi connectivity index (χ4v) is 2.52. The number of nitrogens with one attached hydrogen (secondary N) is 1. The highest BCUT2D eigenvalue weighted by Gasteiger charge is 2.18. The summed E-state index contributed by atoms with van der Waals surface area (Å²) in [6, 6.07) is 7.38. The molecule has 6 heteroatoms. The topological polar surface area (TPSA) is 54.5 Å². The Morgan fingerprint density at radius 2 is 2.09 bits per heavy atom. The molecule has 1 N–H and O–H groups in total. The van der Waals surface area contributed by atoms with Crippen molar-refractivity contribution in [1.29, 1.82) is 0 Å². The first-order valence-electron chi connectivity index (χ1n) is 7.31. The number of rotatable bonds is 6. The van der Waals surface area contributed by atoms with E-state index < -0.39 is 0 Å². The predicted octanol–water partition coefficient (Wildman–Crippen LogP) is 4.24. The third-order valence-electron chi connectivity index (χ3n) is 2.90. The standard InChI is InChI=1S/C16H21N3O2S/c1-4-21-14-7-5-13(6-8-14)19(11-12(2)3)16(20)18-15-17-9-10-22-15/h5-10,12H,4,11H2,1-3H3,(H,17,18,20). The lowest BCUT2D eigenvalue weighted by Gasteiger charge is -2.24. The Kier molecular flexibility index (Phi) is 5.77. The molecule has 1 aromatic carbocycles. The number of thiazole rings is 1. The molecule has 0 spiro atoms.